The van der Waals surface area contributed by atoms with Crippen molar-refractivity contribution in [1.29, 1.82) is 0 Å². The topological polar surface area (TPSA) is 100 Å². The van der Waals surface area contributed by atoms with E-state index in [1.807, 2.05) is 56.3 Å². The molecule has 0 radical (unpaired) electrons. The summed E-state index contributed by atoms with van der Waals surface area (Å²) in [5.74, 6) is -0.915. The van der Waals surface area contributed by atoms with Crippen LogP contribution in [0.2, 0.25) is 5.02 Å². The summed E-state index contributed by atoms with van der Waals surface area (Å²) in [4.78, 5) is 29.5. The summed E-state index contributed by atoms with van der Waals surface area (Å²) >= 11 is 6.32. The van der Waals surface area contributed by atoms with Gasteiger partial charge in [0.1, 0.15) is 5.76 Å². The van der Waals surface area contributed by atoms with Gasteiger partial charge < -0.3 is 24.3 Å². The molecule has 2 bridgehead atoms. The summed E-state index contributed by atoms with van der Waals surface area (Å²) in [6.07, 6.45) is -0.153. The van der Waals surface area contributed by atoms with Crippen LogP contribution < -0.4 is 0 Å². The molecule has 0 unspecified atom stereocenters. The molecule has 292 valence electrons. The van der Waals surface area contributed by atoms with Crippen LogP contribution in [-0.4, -0.2) is 51.8 Å². The van der Waals surface area contributed by atoms with Gasteiger partial charge in [-0.05, 0) is 118 Å². The Kier molecular flexibility index (Phi) is 12.0. The van der Waals surface area contributed by atoms with Crippen molar-refractivity contribution in [1.82, 2.24) is 4.90 Å². The Morgan fingerprint density at radius 1 is 1.02 bits per heavy atom. The number of furan rings is 1. The van der Waals surface area contributed by atoms with Crippen LogP contribution in [0.3, 0.4) is 0 Å². The minimum absolute atomic E-state index is 0.000492. The number of carbonyl (C=O) groups is 2. The highest BCUT2D eigenvalue weighted by Gasteiger charge is 2.58. The second-order valence-electron chi connectivity index (χ2n) is 15.2. The van der Waals surface area contributed by atoms with Gasteiger partial charge in [-0.3, -0.25) is 4.79 Å². The molecule has 7 nitrogen and oxygen atoms in total. The number of amides is 1. The average molecular weight is 778 g/mol. The normalized spacial score (nSPS) is 23.1. The van der Waals surface area contributed by atoms with Crippen molar-refractivity contribution in [3.63, 3.8) is 0 Å². The molecule has 3 aliphatic rings. The first-order valence-electron chi connectivity index (χ1n) is 18.8. The fourth-order valence-corrected chi connectivity index (χ4v) is 8.55. The second-order valence-corrected chi connectivity index (χ2v) is 15.6. The third-order valence-electron chi connectivity index (χ3n) is 11.5. The zero-order valence-corrected chi connectivity index (χ0v) is 32.1. The van der Waals surface area contributed by atoms with Gasteiger partial charge in [-0.25, -0.2) is 4.79 Å². The number of hydrogen-bond acceptors (Lipinski definition) is 6. The van der Waals surface area contributed by atoms with E-state index in [1.165, 1.54) is 12.1 Å². The van der Waals surface area contributed by atoms with Gasteiger partial charge in [0.2, 0.25) is 5.78 Å². The molecule has 55 heavy (non-hydrogen) atoms. The first kappa shape index (κ1) is 40.3. The predicted octanol–water partition coefficient (Wildman–Crippen LogP) is 10.5. The van der Waals surface area contributed by atoms with Crippen LogP contribution in [0.1, 0.15) is 104 Å². The quantitative estimate of drug-likeness (QED) is 0.136. The van der Waals surface area contributed by atoms with Gasteiger partial charge >= 0.3 is 12.3 Å². The fourth-order valence-electron chi connectivity index (χ4n) is 8.34. The molecule has 1 heterocycles. The Morgan fingerprint density at radius 2 is 1.78 bits per heavy atom. The number of ether oxygens (including phenoxy) is 1. The van der Waals surface area contributed by atoms with E-state index in [-0.39, 0.29) is 47.7 Å². The maximum atomic E-state index is 14.6. The molecule has 1 amide bonds. The number of carbonyl (C=O) groups excluding carboxylic acids is 2. The number of halogens is 4. The van der Waals surface area contributed by atoms with Crippen LogP contribution in [0, 0.1) is 5.41 Å². The minimum Gasteiger partial charge on any atom is -0.453 e. The Labute approximate surface area is 324 Å². The van der Waals surface area contributed by atoms with E-state index in [4.69, 9.17) is 20.8 Å². The Bertz CT molecular complexity index is 2040. The number of rotatable bonds is 8. The summed E-state index contributed by atoms with van der Waals surface area (Å²) in [6.45, 7) is 6.22. The van der Waals surface area contributed by atoms with E-state index < -0.39 is 40.7 Å². The molecule has 3 aliphatic carbocycles. The van der Waals surface area contributed by atoms with Gasteiger partial charge in [0, 0.05) is 23.1 Å². The first-order chi connectivity index (χ1) is 26.1. The highest BCUT2D eigenvalue weighted by molar-refractivity contribution is 6.33. The SMILES string of the molecule is CCOC(=O)N(Cc1ccccc1)C[C@]1(O)CC[C@H]2c3ccc(cc3C(=O)c3ccc(-c4cc(C(F)(F)F)ccc4Cl)o3)C[C@@H](O)CCC(C)=CCC[C@@]21C. The van der Waals surface area contributed by atoms with Gasteiger partial charge in [-0.1, -0.05) is 72.6 Å². The molecular weight excluding hydrogens is 731 g/mol. The summed E-state index contributed by atoms with van der Waals surface area (Å²) in [5.41, 5.74) is 0.625. The molecule has 2 N–H and O–H groups in total. The number of ketones is 1. The van der Waals surface area contributed by atoms with Gasteiger partial charge in [-0.15, -0.1) is 0 Å². The number of aliphatic hydroxyl groups is 2. The van der Waals surface area contributed by atoms with Crippen LogP contribution in [0.15, 0.2) is 94.9 Å². The molecule has 4 aromatic rings. The lowest BCUT2D eigenvalue weighted by Crippen LogP contribution is -2.53. The van der Waals surface area contributed by atoms with E-state index in [9.17, 15) is 33.0 Å². The number of benzene rings is 3. The maximum Gasteiger partial charge on any atom is 0.416 e. The van der Waals surface area contributed by atoms with Crippen molar-refractivity contribution in [2.24, 2.45) is 5.41 Å². The molecule has 3 aromatic carbocycles. The van der Waals surface area contributed by atoms with E-state index in [1.54, 1.807) is 17.9 Å². The second kappa shape index (κ2) is 16.4. The van der Waals surface area contributed by atoms with Gasteiger partial charge in [0.05, 0.1) is 35.4 Å². The van der Waals surface area contributed by atoms with Crippen LogP contribution in [0.5, 0.6) is 0 Å². The van der Waals surface area contributed by atoms with Gasteiger partial charge in [0.25, 0.3) is 0 Å². The lowest BCUT2D eigenvalue weighted by molar-refractivity contribution is -0.137. The van der Waals surface area contributed by atoms with Crippen molar-refractivity contribution in [3.05, 3.63) is 129 Å². The van der Waals surface area contributed by atoms with E-state index in [2.05, 4.69) is 6.08 Å². The molecule has 0 aliphatic heterocycles. The van der Waals surface area contributed by atoms with E-state index in [0.29, 0.717) is 56.1 Å². The van der Waals surface area contributed by atoms with Crippen LogP contribution >= 0.6 is 11.6 Å². The van der Waals surface area contributed by atoms with Crippen LogP contribution in [0.25, 0.3) is 11.3 Å². The Hall–Kier alpha value is -4.38. The Balaban J connectivity index is 1.42. The number of hydrogen-bond donors (Lipinski definition) is 2. The zero-order valence-electron chi connectivity index (χ0n) is 31.3. The highest BCUT2D eigenvalue weighted by Crippen LogP contribution is 2.59. The molecule has 1 aromatic heterocycles. The number of allylic oxidation sites excluding steroid dienone is 2. The first-order valence-corrected chi connectivity index (χ1v) is 19.2. The van der Waals surface area contributed by atoms with Crippen molar-refractivity contribution in [3.8, 4) is 11.3 Å². The number of fused-ring (bicyclic) bond motifs is 8. The summed E-state index contributed by atoms with van der Waals surface area (Å²) < 4.78 is 52.2. The molecule has 7 rings (SSSR count). The van der Waals surface area contributed by atoms with Gasteiger partial charge in [-0.2, -0.15) is 13.2 Å². The maximum absolute atomic E-state index is 14.6. The molecule has 0 spiro atoms. The third kappa shape index (κ3) is 8.72. The summed E-state index contributed by atoms with van der Waals surface area (Å²) in [7, 11) is 0. The number of aliphatic hydroxyl groups excluding tert-OH is 1. The minimum atomic E-state index is -4.61. The monoisotopic (exact) mass is 777 g/mol. The number of alkyl halides is 3. The van der Waals surface area contributed by atoms with Crippen molar-refractivity contribution >= 4 is 23.5 Å². The predicted molar refractivity (Wildman–Crippen MR) is 205 cm³/mol. The summed E-state index contributed by atoms with van der Waals surface area (Å²) in [5, 5.41) is 23.9. The zero-order chi connectivity index (χ0) is 39.5. The molecule has 1 saturated carbocycles. The molecule has 4 atom stereocenters. The molecule has 1 fully saturated rings. The lowest BCUT2D eigenvalue weighted by Gasteiger charge is -2.46. The van der Waals surface area contributed by atoms with Gasteiger partial charge in [0.15, 0.2) is 5.76 Å². The molecular formula is C44H47ClF3NO6. The van der Waals surface area contributed by atoms with E-state index >= 15 is 0 Å². The standard InChI is InChI=1S/C44H47ClF3NO6/c1-4-54-41(52)49(26-29-10-6-5-7-11-29)27-43(53)22-20-36-33-16-13-30(23-32(50)15-12-28(2)9-8-21-42(36,43)3)24-34(33)40(51)39-19-18-38(55-39)35-25-31(44(46,47)48)14-17-37(35)45/h5-7,9-11,13-14,16-19,24-25,32,36,50,53H,4,8,12,15,20-23,26-27H2,1-3H3/t32-,36-,42-,43+/m0/s1. The van der Waals surface area contributed by atoms with Crippen molar-refractivity contribution in [2.45, 2.75) is 96.1 Å². The van der Waals surface area contributed by atoms with Crippen molar-refractivity contribution in [2.75, 3.05) is 13.2 Å². The average Bonchev–Trinajstić information content (AvgIpc) is 3.73. The third-order valence-corrected chi connectivity index (χ3v) is 11.8. The van der Waals surface area contributed by atoms with Crippen molar-refractivity contribution < 1.29 is 42.1 Å². The van der Waals surface area contributed by atoms with E-state index in [0.717, 1.165) is 34.9 Å². The molecule has 0 saturated heterocycles. The molecule has 11 heteroatoms. The Morgan fingerprint density at radius 3 is 2.51 bits per heavy atom. The van der Waals surface area contributed by atoms with Crippen LogP contribution in [-0.2, 0) is 23.9 Å². The highest BCUT2D eigenvalue weighted by atomic mass is 35.5. The fraction of sp³-hybridized carbons (Fsp3) is 0.409. The largest absolute Gasteiger partial charge is 0.453 e. The smallest absolute Gasteiger partial charge is 0.416 e. The number of nitrogens with zero attached hydrogens (tertiary/aromatic N) is 1. The lowest BCUT2D eigenvalue weighted by atomic mass is 9.64. The van der Waals surface area contributed by atoms with Crippen LogP contribution in [0.4, 0.5) is 18.0 Å². The summed E-state index contributed by atoms with van der Waals surface area (Å²) in [6, 6.07) is 20.8.